The average Bonchev–Trinajstić information content (AvgIpc) is 3.05. The molecule has 1 atom stereocenters. The van der Waals surface area contributed by atoms with Gasteiger partial charge in [-0.25, -0.2) is 4.79 Å². The highest BCUT2D eigenvalue weighted by atomic mass is 16.7. The third-order valence-electron chi connectivity index (χ3n) is 8.54. The lowest BCUT2D eigenvalue weighted by molar-refractivity contribution is 0.00578. The molecule has 3 heterocycles. The van der Waals surface area contributed by atoms with Crippen LogP contribution in [-0.4, -0.2) is 54.9 Å². The van der Waals surface area contributed by atoms with E-state index < -0.39 is 42.2 Å². The number of fused-ring (bicyclic) bond motifs is 1. The maximum atomic E-state index is 13.1. The summed E-state index contributed by atoms with van der Waals surface area (Å²) in [6.45, 7) is 22.7. The van der Waals surface area contributed by atoms with Gasteiger partial charge in [-0.2, -0.15) is 0 Å². The Morgan fingerprint density at radius 1 is 0.889 bits per heavy atom. The van der Waals surface area contributed by atoms with Gasteiger partial charge in [0.25, 0.3) is 0 Å². The molecular formula is C27H43B2NO6. The molecule has 2 fully saturated rings. The van der Waals surface area contributed by atoms with Gasteiger partial charge in [0.05, 0.1) is 28.1 Å². The van der Waals surface area contributed by atoms with E-state index in [1.54, 1.807) is 4.90 Å². The van der Waals surface area contributed by atoms with E-state index in [4.69, 9.17) is 23.4 Å². The highest BCUT2D eigenvalue weighted by molar-refractivity contribution is 6.68. The molecule has 198 valence electrons. The Labute approximate surface area is 217 Å². The number of ether oxygens (including phenoxy) is 1. The minimum absolute atomic E-state index is 0.00992. The van der Waals surface area contributed by atoms with Gasteiger partial charge in [0, 0.05) is 12.3 Å². The molecule has 2 saturated heterocycles. The summed E-state index contributed by atoms with van der Waals surface area (Å²) in [6.07, 6.45) is 0.367. The zero-order chi connectivity index (χ0) is 26.9. The van der Waals surface area contributed by atoms with Crippen molar-refractivity contribution in [2.45, 2.75) is 122 Å². The molecular weight excluding hydrogens is 456 g/mol. The van der Waals surface area contributed by atoms with E-state index in [9.17, 15) is 4.79 Å². The van der Waals surface area contributed by atoms with E-state index in [2.05, 4.69) is 61.5 Å². The Morgan fingerprint density at radius 3 is 1.78 bits per heavy atom. The third kappa shape index (κ3) is 4.84. The SMILES string of the molecule is CC(C)(C)OC(=O)N1CC[C@H](C(B2OC(C)(C)C(C)(C)O2)B2OC(C)(C)C(C)(C)O2)c2ccccc21. The van der Waals surface area contributed by atoms with E-state index in [1.165, 1.54) is 0 Å². The van der Waals surface area contributed by atoms with Gasteiger partial charge < -0.3 is 23.4 Å². The number of nitrogens with zero attached hydrogens (tertiary/aromatic N) is 1. The predicted molar refractivity (Wildman–Crippen MR) is 143 cm³/mol. The van der Waals surface area contributed by atoms with Crippen molar-refractivity contribution in [1.82, 2.24) is 0 Å². The first-order valence-corrected chi connectivity index (χ1v) is 13.2. The summed E-state index contributed by atoms with van der Waals surface area (Å²) in [6, 6.07) is 8.03. The van der Waals surface area contributed by atoms with Gasteiger partial charge in [-0.1, -0.05) is 18.2 Å². The van der Waals surface area contributed by atoms with Gasteiger partial charge in [0.1, 0.15) is 5.60 Å². The zero-order valence-electron chi connectivity index (χ0n) is 23.9. The molecule has 1 aromatic carbocycles. The van der Waals surface area contributed by atoms with Crippen molar-refractivity contribution in [3.63, 3.8) is 0 Å². The highest BCUT2D eigenvalue weighted by Gasteiger charge is 2.64. The van der Waals surface area contributed by atoms with Crippen LogP contribution in [0, 0.1) is 0 Å². The van der Waals surface area contributed by atoms with Gasteiger partial charge in [-0.3, -0.25) is 4.90 Å². The fourth-order valence-corrected chi connectivity index (χ4v) is 5.10. The Morgan fingerprint density at radius 2 is 1.33 bits per heavy atom. The number of hydrogen-bond donors (Lipinski definition) is 0. The van der Waals surface area contributed by atoms with Crippen LogP contribution in [0.25, 0.3) is 0 Å². The molecule has 0 aliphatic carbocycles. The Bertz CT molecular complexity index is 934. The smallest absolute Gasteiger partial charge is 0.443 e. The van der Waals surface area contributed by atoms with Crippen molar-refractivity contribution in [3.05, 3.63) is 29.8 Å². The van der Waals surface area contributed by atoms with Crippen LogP contribution in [0.2, 0.25) is 5.72 Å². The standard InChI is InChI=1S/C27H43B2NO6/c1-23(2,3)32-22(31)30-17-16-19(18-14-12-13-15-20(18)30)21(28-33-24(4,5)25(6,7)34-28)29-35-26(8,9)27(10,11)36-29/h12-15,19,21H,16-17H2,1-11H3/t19-/m0/s1. The second-order valence-electron chi connectivity index (χ2n) is 13.4. The quantitative estimate of drug-likeness (QED) is 0.475. The number of para-hydroxylation sites is 1. The molecule has 4 rings (SSSR count). The summed E-state index contributed by atoms with van der Waals surface area (Å²) in [7, 11) is -1.06. The molecule has 0 unspecified atom stereocenters. The summed E-state index contributed by atoms with van der Waals surface area (Å²) in [5, 5.41) is 0. The number of carbonyl (C=O) groups is 1. The van der Waals surface area contributed by atoms with Crippen molar-refractivity contribution in [3.8, 4) is 0 Å². The lowest BCUT2D eigenvalue weighted by Crippen LogP contribution is -2.46. The number of carbonyl (C=O) groups excluding carboxylic acids is 1. The summed E-state index contributed by atoms with van der Waals surface area (Å²) in [4.78, 5) is 14.8. The van der Waals surface area contributed by atoms with Gasteiger partial charge in [0.15, 0.2) is 0 Å². The minimum atomic E-state index is -0.573. The maximum Gasteiger partial charge on any atom is 0.459 e. The van der Waals surface area contributed by atoms with E-state index >= 15 is 0 Å². The summed E-state index contributed by atoms with van der Waals surface area (Å²) in [5.41, 5.74) is -0.880. The van der Waals surface area contributed by atoms with Gasteiger partial charge in [0.2, 0.25) is 0 Å². The van der Waals surface area contributed by atoms with Crippen LogP contribution in [0.5, 0.6) is 0 Å². The molecule has 0 bridgehead atoms. The number of rotatable bonds is 3. The van der Waals surface area contributed by atoms with Gasteiger partial charge in [-0.05, 0) is 100 Å². The van der Waals surface area contributed by atoms with Crippen LogP contribution in [0.15, 0.2) is 24.3 Å². The van der Waals surface area contributed by atoms with Crippen molar-refractivity contribution in [1.29, 1.82) is 0 Å². The highest BCUT2D eigenvalue weighted by Crippen LogP contribution is 2.52. The molecule has 1 amide bonds. The van der Waals surface area contributed by atoms with E-state index in [-0.39, 0.29) is 17.7 Å². The topological polar surface area (TPSA) is 66.5 Å². The number of amides is 1. The molecule has 9 heteroatoms. The monoisotopic (exact) mass is 499 g/mol. The first kappa shape index (κ1) is 27.5. The molecule has 0 spiro atoms. The third-order valence-corrected chi connectivity index (χ3v) is 8.54. The van der Waals surface area contributed by atoms with Crippen molar-refractivity contribution in [2.24, 2.45) is 0 Å². The minimum Gasteiger partial charge on any atom is -0.443 e. The molecule has 7 nitrogen and oxygen atoms in total. The lowest BCUT2D eigenvalue weighted by atomic mass is 9.45. The van der Waals surface area contributed by atoms with Crippen LogP contribution in [0.1, 0.15) is 94.1 Å². The number of anilines is 1. The normalized spacial score (nSPS) is 26.3. The Hall–Kier alpha value is -1.54. The molecule has 0 N–H and O–H groups in total. The lowest BCUT2D eigenvalue weighted by Gasteiger charge is -2.39. The summed E-state index contributed by atoms with van der Waals surface area (Å²) < 4.78 is 32.1. The molecule has 0 radical (unpaired) electrons. The van der Waals surface area contributed by atoms with Crippen molar-refractivity contribution >= 4 is 26.0 Å². The van der Waals surface area contributed by atoms with Crippen LogP contribution < -0.4 is 4.90 Å². The fourth-order valence-electron chi connectivity index (χ4n) is 5.10. The molecule has 1 aromatic rings. The number of hydrogen-bond acceptors (Lipinski definition) is 6. The van der Waals surface area contributed by atoms with Crippen LogP contribution in [-0.2, 0) is 23.4 Å². The molecule has 3 aliphatic rings. The Kier molecular flexibility index (Phi) is 6.69. The van der Waals surface area contributed by atoms with Crippen LogP contribution >= 0.6 is 0 Å². The second kappa shape index (κ2) is 8.75. The predicted octanol–water partition coefficient (Wildman–Crippen LogP) is 6.01. The first-order chi connectivity index (χ1) is 16.4. The largest absolute Gasteiger partial charge is 0.459 e. The maximum absolute atomic E-state index is 13.1. The summed E-state index contributed by atoms with van der Waals surface area (Å²) in [5.74, 6) is -0.00992. The first-order valence-electron chi connectivity index (χ1n) is 13.2. The average molecular weight is 499 g/mol. The van der Waals surface area contributed by atoms with Crippen LogP contribution in [0.4, 0.5) is 10.5 Å². The molecule has 3 aliphatic heterocycles. The van der Waals surface area contributed by atoms with Crippen LogP contribution in [0.3, 0.4) is 0 Å². The van der Waals surface area contributed by atoms with E-state index in [1.807, 2.05) is 39.0 Å². The van der Waals surface area contributed by atoms with Crippen molar-refractivity contribution in [2.75, 3.05) is 11.4 Å². The van der Waals surface area contributed by atoms with Crippen molar-refractivity contribution < 1.29 is 28.1 Å². The van der Waals surface area contributed by atoms with Gasteiger partial charge in [-0.15, -0.1) is 0 Å². The number of benzene rings is 1. The fraction of sp³-hybridized carbons (Fsp3) is 0.741. The molecule has 0 aromatic heterocycles. The molecule has 36 heavy (non-hydrogen) atoms. The Balaban J connectivity index is 1.74. The zero-order valence-corrected chi connectivity index (χ0v) is 23.9. The van der Waals surface area contributed by atoms with E-state index in [0.717, 1.165) is 11.3 Å². The molecule has 0 saturated carbocycles. The second-order valence-corrected chi connectivity index (χ2v) is 13.4. The van der Waals surface area contributed by atoms with Gasteiger partial charge >= 0.3 is 20.3 Å². The van der Waals surface area contributed by atoms with E-state index in [0.29, 0.717) is 13.0 Å². The summed E-state index contributed by atoms with van der Waals surface area (Å²) >= 11 is 0.